The van der Waals surface area contributed by atoms with Crippen LogP contribution in [0, 0.1) is 0 Å². The maximum Gasteiger partial charge on any atom is 0.125 e. The molecule has 0 radical (unpaired) electrons. The highest BCUT2D eigenvalue weighted by Crippen LogP contribution is 2.26. The minimum absolute atomic E-state index is 0.674. The molecule has 0 aliphatic rings. The third-order valence-corrected chi connectivity index (χ3v) is 3.77. The lowest BCUT2D eigenvalue weighted by atomic mass is 10.2. The van der Waals surface area contributed by atoms with Crippen LogP contribution in [0.25, 0.3) is 0 Å². The summed E-state index contributed by atoms with van der Waals surface area (Å²) in [7, 11) is 1.69. The first-order valence-electron chi connectivity index (χ1n) is 7.55. The zero-order valence-corrected chi connectivity index (χ0v) is 14.1. The van der Waals surface area contributed by atoms with Gasteiger partial charge < -0.3 is 19.7 Å². The Bertz CT molecular complexity index is 398. The van der Waals surface area contributed by atoms with E-state index in [9.17, 15) is 0 Å². The Labute approximate surface area is 133 Å². The fraction of sp³-hybridized carbons (Fsp3) is 0.625. The molecule has 1 aromatic carbocycles. The van der Waals surface area contributed by atoms with Crippen LogP contribution in [0.3, 0.4) is 0 Å². The summed E-state index contributed by atoms with van der Waals surface area (Å²) in [6.45, 7) is 10.2. The SMILES string of the molecule is CCN(CC)CCOc1cccc(Cl)c1CNCCOC. The molecule has 5 heteroatoms. The van der Waals surface area contributed by atoms with Crippen molar-refractivity contribution in [3.63, 3.8) is 0 Å². The fourth-order valence-corrected chi connectivity index (χ4v) is 2.29. The number of benzene rings is 1. The van der Waals surface area contributed by atoms with Crippen LogP contribution in [0.4, 0.5) is 0 Å². The standard InChI is InChI=1S/C16H27ClN2O2/c1-4-19(5-2)10-12-21-16-8-6-7-15(17)14(16)13-18-9-11-20-3/h6-8,18H,4-5,9-13H2,1-3H3. The predicted octanol–water partition coefficient (Wildman–Crippen LogP) is 2.80. The van der Waals surface area contributed by atoms with Crippen LogP contribution in [-0.4, -0.2) is 51.4 Å². The Balaban J connectivity index is 2.54. The molecule has 0 bridgehead atoms. The second-order valence-electron chi connectivity index (χ2n) is 4.76. The molecule has 0 amide bonds. The normalized spacial score (nSPS) is 11.1. The number of rotatable bonds is 11. The number of halogens is 1. The van der Waals surface area contributed by atoms with Gasteiger partial charge in [-0.1, -0.05) is 31.5 Å². The lowest BCUT2D eigenvalue weighted by molar-refractivity contribution is 0.198. The smallest absolute Gasteiger partial charge is 0.125 e. The summed E-state index contributed by atoms with van der Waals surface area (Å²) < 4.78 is 10.9. The third-order valence-electron chi connectivity index (χ3n) is 3.42. The van der Waals surface area contributed by atoms with Gasteiger partial charge in [0.2, 0.25) is 0 Å². The van der Waals surface area contributed by atoms with E-state index in [2.05, 4.69) is 24.1 Å². The van der Waals surface area contributed by atoms with Gasteiger partial charge in [0.05, 0.1) is 6.61 Å². The number of nitrogens with zero attached hydrogens (tertiary/aromatic N) is 1. The fourth-order valence-electron chi connectivity index (χ4n) is 2.06. The second-order valence-corrected chi connectivity index (χ2v) is 5.17. The van der Waals surface area contributed by atoms with E-state index in [0.29, 0.717) is 19.8 Å². The minimum Gasteiger partial charge on any atom is -0.492 e. The average Bonchev–Trinajstić information content (AvgIpc) is 2.50. The van der Waals surface area contributed by atoms with E-state index in [1.54, 1.807) is 7.11 Å². The van der Waals surface area contributed by atoms with Crippen molar-refractivity contribution in [3.05, 3.63) is 28.8 Å². The molecule has 1 aromatic rings. The van der Waals surface area contributed by atoms with Crippen LogP contribution in [0.5, 0.6) is 5.75 Å². The van der Waals surface area contributed by atoms with Gasteiger partial charge in [0.25, 0.3) is 0 Å². The lowest BCUT2D eigenvalue weighted by Gasteiger charge is -2.19. The minimum atomic E-state index is 0.674. The van der Waals surface area contributed by atoms with Gasteiger partial charge in [-0.15, -0.1) is 0 Å². The van der Waals surface area contributed by atoms with Crippen molar-refractivity contribution in [3.8, 4) is 5.75 Å². The summed E-state index contributed by atoms with van der Waals surface area (Å²) in [5.74, 6) is 0.861. The molecule has 0 atom stereocenters. The van der Waals surface area contributed by atoms with Crippen LogP contribution >= 0.6 is 11.6 Å². The molecular weight excluding hydrogens is 288 g/mol. The van der Waals surface area contributed by atoms with Gasteiger partial charge in [-0.3, -0.25) is 0 Å². The van der Waals surface area contributed by atoms with E-state index in [-0.39, 0.29) is 0 Å². The molecule has 0 unspecified atom stereocenters. The van der Waals surface area contributed by atoms with E-state index in [1.165, 1.54) is 0 Å². The van der Waals surface area contributed by atoms with Gasteiger partial charge in [0.1, 0.15) is 12.4 Å². The molecule has 4 nitrogen and oxygen atoms in total. The molecule has 0 aliphatic carbocycles. The second kappa shape index (κ2) is 10.9. The van der Waals surface area contributed by atoms with Crippen molar-refractivity contribution in [2.24, 2.45) is 0 Å². The van der Waals surface area contributed by atoms with Crippen molar-refractivity contribution in [1.29, 1.82) is 0 Å². The molecule has 120 valence electrons. The Morgan fingerprint density at radius 1 is 1.19 bits per heavy atom. The molecule has 0 aliphatic heterocycles. The highest BCUT2D eigenvalue weighted by Gasteiger charge is 2.08. The van der Waals surface area contributed by atoms with Gasteiger partial charge in [0, 0.05) is 37.3 Å². The molecule has 0 fully saturated rings. The first-order chi connectivity index (χ1) is 10.2. The van der Waals surface area contributed by atoms with Gasteiger partial charge in [-0.05, 0) is 25.2 Å². The number of hydrogen-bond donors (Lipinski definition) is 1. The van der Waals surface area contributed by atoms with Crippen molar-refractivity contribution < 1.29 is 9.47 Å². The van der Waals surface area contributed by atoms with E-state index in [4.69, 9.17) is 21.1 Å². The molecule has 0 aromatic heterocycles. The summed E-state index contributed by atoms with van der Waals surface area (Å²) in [5, 5.41) is 4.04. The molecule has 21 heavy (non-hydrogen) atoms. The van der Waals surface area contributed by atoms with Crippen LogP contribution < -0.4 is 10.1 Å². The largest absolute Gasteiger partial charge is 0.492 e. The summed E-state index contributed by atoms with van der Waals surface area (Å²) in [5.41, 5.74) is 1.01. The number of hydrogen-bond acceptors (Lipinski definition) is 4. The molecule has 1 N–H and O–H groups in total. The molecular formula is C16H27ClN2O2. The molecule has 0 spiro atoms. The zero-order valence-electron chi connectivity index (χ0n) is 13.3. The quantitative estimate of drug-likeness (QED) is 0.637. The summed E-state index contributed by atoms with van der Waals surface area (Å²) >= 11 is 6.28. The number of methoxy groups -OCH3 is 1. The van der Waals surface area contributed by atoms with Crippen molar-refractivity contribution in [1.82, 2.24) is 10.2 Å². The van der Waals surface area contributed by atoms with E-state index >= 15 is 0 Å². The molecule has 0 saturated carbocycles. The molecule has 0 saturated heterocycles. The van der Waals surface area contributed by atoms with Gasteiger partial charge in [-0.25, -0.2) is 0 Å². The van der Waals surface area contributed by atoms with Crippen LogP contribution in [0.2, 0.25) is 5.02 Å². The monoisotopic (exact) mass is 314 g/mol. The Morgan fingerprint density at radius 2 is 1.95 bits per heavy atom. The first kappa shape index (κ1) is 18.2. The third kappa shape index (κ3) is 6.66. The number of ether oxygens (including phenoxy) is 2. The zero-order chi connectivity index (χ0) is 15.5. The maximum atomic E-state index is 6.28. The van der Waals surface area contributed by atoms with Gasteiger partial charge in [0.15, 0.2) is 0 Å². The van der Waals surface area contributed by atoms with Crippen LogP contribution in [0.1, 0.15) is 19.4 Å². The van der Waals surface area contributed by atoms with E-state index < -0.39 is 0 Å². The van der Waals surface area contributed by atoms with Gasteiger partial charge in [-0.2, -0.15) is 0 Å². The number of nitrogens with one attached hydrogen (secondary N) is 1. The van der Waals surface area contributed by atoms with Gasteiger partial charge >= 0.3 is 0 Å². The topological polar surface area (TPSA) is 33.7 Å². The van der Waals surface area contributed by atoms with Crippen LogP contribution in [-0.2, 0) is 11.3 Å². The van der Waals surface area contributed by atoms with Crippen molar-refractivity contribution >= 4 is 11.6 Å². The summed E-state index contributed by atoms with van der Waals surface area (Å²) in [4.78, 5) is 2.33. The van der Waals surface area contributed by atoms with E-state index in [0.717, 1.165) is 42.5 Å². The Morgan fingerprint density at radius 3 is 2.62 bits per heavy atom. The molecule has 1 rings (SSSR count). The average molecular weight is 315 g/mol. The van der Waals surface area contributed by atoms with Crippen LogP contribution in [0.15, 0.2) is 18.2 Å². The highest BCUT2D eigenvalue weighted by atomic mass is 35.5. The predicted molar refractivity (Wildman–Crippen MR) is 88.3 cm³/mol. The van der Waals surface area contributed by atoms with Crippen molar-refractivity contribution in [2.75, 3.05) is 46.5 Å². The van der Waals surface area contributed by atoms with E-state index in [1.807, 2.05) is 18.2 Å². The summed E-state index contributed by atoms with van der Waals surface area (Å²) in [6.07, 6.45) is 0. The first-order valence-corrected chi connectivity index (χ1v) is 7.92. The number of likely N-dealkylation sites (N-methyl/N-ethyl adjacent to an activating group) is 1. The Hall–Kier alpha value is -0.810. The lowest BCUT2D eigenvalue weighted by Crippen LogP contribution is -2.28. The summed E-state index contributed by atoms with van der Waals surface area (Å²) in [6, 6.07) is 5.79. The maximum absolute atomic E-state index is 6.28. The van der Waals surface area contributed by atoms with Crippen molar-refractivity contribution in [2.45, 2.75) is 20.4 Å². The Kier molecular flexibility index (Phi) is 9.42. The highest BCUT2D eigenvalue weighted by molar-refractivity contribution is 6.31. The molecule has 0 heterocycles.